The van der Waals surface area contributed by atoms with Gasteiger partial charge in [0.05, 0.1) is 0 Å². The average Bonchev–Trinajstić information content (AvgIpc) is 3.19. The van der Waals surface area contributed by atoms with Gasteiger partial charge in [-0.05, 0) is 62.3 Å². The van der Waals surface area contributed by atoms with Crippen molar-refractivity contribution in [1.82, 2.24) is 20.7 Å². The number of hydrogen-bond donors (Lipinski definition) is 3. The van der Waals surface area contributed by atoms with Crippen molar-refractivity contribution in [3.05, 3.63) is 35.0 Å². The number of rotatable bonds is 2. The molecule has 146 valence electrons. The molecule has 5 rings (SSSR count). The van der Waals surface area contributed by atoms with Crippen LogP contribution in [0.15, 0.2) is 18.2 Å². The summed E-state index contributed by atoms with van der Waals surface area (Å²) in [6, 6.07) is 4.95. The molecular formula is C21H24N4O3. The molecule has 1 spiro atoms. The standard InChI is InChI=1S/C21H24N4O3/c26-18(24-25-19(27)21(23-20(25)28)10-4-1-5-11-21)13-8-9-17-15(12-13)14-6-2-3-7-16(14)22-17/h8-9,12,22H,1-7,10-11H2,(H,23,28)(H,24,26). The van der Waals surface area contributed by atoms with E-state index in [1.54, 1.807) is 6.07 Å². The van der Waals surface area contributed by atoms with Gasteiger partial charge in [-0.2, -0.15) is 5.01 Å². The molecule has 3 N–H and O–H groups in total. The van der Waals surface area contributed by atoms with Crippen LogP contribution in [0.1, 0.15) is 66.6 Å². The Morgan fingerprint density at radius 1 is 1.04 bits per heavy atom. The van der Waals surface area contributed by atoms with E-state index in [2.05, 4.69) is 15.7 Å². The van der Waals surface area contributed by atoms with Crippen molar-refractivity contribution in [3.8, 4) is 0 Å². The minimum absolute atomic E-state index is 0.342. The lowest BCUT2D eigenvalue weighted by Gasteiger charge is -2.30. The highest BCUT2D eigenvalue weighted by Crippen LogP contribution is 2.33. The van der Waals surface area contributed by atoms with Gasteiger partial charge in [0.2, 0.25) is 0 Å². The van der Waals surface area contributed by atoms with Gasteiger partial charge in [0, 0.05) is 22.2 Å². The van der Waals surface area contributed by atoms with E-state index in [1.807, 2.05) is 12.1 Å². The lowest BCUT2D eigenvalue weighted by molar-refractivity contribution is -0.134. The highest BCUT2D eigenvalue weighted by molar-refractivity contribution is 6.09. The van der Waals surface area contributed by atoms with Crippen LogP contribution in [0.4, 0.5) is 4.79 Å². The third kappa shape index (κ3) is 2.60. The summed E-state index contributed by atoms with van der Waals surface area (Å²) in [5, 5.41) is 4.73. The third-order valence-electron chi connectivity index (χ3n) is 6.44. The Kier molecular flexibility index (Phi) is 3.92. The number of aromatic nitrogens is 1. The Morgan fingerprint density at radius 3 is 2.64 bits per heavy atom. The van der Waals surface area contributed by atoms with Crippen molar-refractivity contribution in [2.24, 2.45) is 0 Å². The molecule has 3 aliphatic rings. The van der Waals surface area contributed by atoms with Crippen molar-refractivity contribution in [2.45, 2.75) is 63.3 Å². The summed E-state index contributed by atoms with van der Waals surface area (Å²) in [6.07, 6.45) is 8.52. The van der Waals surface area contributed by atoms with Crippen LogP contribution in [0.2, 0.25) is 0 Å². The number of aromatic amines is 1. The van der Waals surface area contributed by atoms with E-state index in [0.717, 1.165) is 54.4 Å². The van der Waals surface area contributed by atoms with Crippen LogP contribution < -0.4 is 10.7 Å². The number of nitrogens with one attached hydrogen (secondary N) is 3. The molecule has 4 amide bonds. The maximum atomic E-state index is 12.8. The molecule has 2 heterocycles. The summed E-state index contributed by atoms with van der Waals surface area (Å²) in [5.41, 5.74) is 5.70. The van der Waals surface area contributed by atoms with E-state index >= 15 is 0 Å². The van der Waals surface area contributed by atoms with Crippen molar-refractivity contribution in [3.63, 3.8) is 0 Å². The molecule has 7 nitrogen and oxygen atoms in total. The Balaban J connectivity index is 1.39. The molecule has 7 heteroatoms. The highest BCUT2D eigenvalue weighted by atomic mass is 16.2. The lowest BCUT2D eigenvalue weighted by Crippen LogP contribution is -2.50. The molecule has 0 bridgehead atoms. The van der Waals surface area contributed by atoms with Crippen LogP contribution in [0, 0.1) is 0 Å². The Bertz CT molecular complexity index is 987. The van der Waals surface area contributed by atoms with Gasteiger partial charge in [0.1, 0.15) is 5.54 Å². The van der Waals surface area contributed by atoms with Crippen LogP contribution in [0.5, 0.6) is 0 Å². The van der Waals surface area contributed by atoms with E-state index < -0.39 is 17.5 Å². The van der Waals surface area contributed by atoms with Crippen LogP contribution in [0.3, 0.4) is 0 Å². The molecule has 28 heavy (non-hydrogen) atoms. The summed E-state index contributed by atoms with van der Waals surface area (Å²) in [7, 11) is 0. The van der Waals surface area contributed by atoms with Crippen LogP contribution in [-0.2, 0) is 17.6 Å². The summed E-state index contributed by atoms with van der Waals surface area (Å²) >= 11 is 0. The number of hydrazine groups is 1. The highest BCUT2D eigenvalue weighted by Gasteiger charge is 2.52. The number of benzene rings is 1. The Hall–Kier alpha value is -2.83. The molecule has 2 aliphatic carbocycles. The molecule has 1 aliphatic heterocycles. The number of carbonyl (C=O) groups is 3. The van der Waals surface area contributed by atoms with Crippen molar-refractivity contribution < 1.29 is 14.4 Å². The second-order valence-electron chi connectivity index (χ2n) is 8.20. The topological polar surface area (TPSA) is 94.3 Å². The zero-order valence-electron chi connectivity index (χ0n) is 15.8. The average molecular weight is 380 g/mol. The minimum Gasteiger partial charge on any atom is -0.358 e. The van der Waals surface area contributed by atoms with Gasteiger partial charge in [-0.25, -0.2) is 4.79 Å². The molecular weight excluding hydrogens is 356 g/mol. The first kappa shape index (κ1) is 17.3. The predicted octanol–water partition coefficient (Wildman–Crippen LogP) is 2.95. The monoisotopic (exact) mass is 380 g/mol. The van der Waals surface area contributed by atoms with Gasteiger partial charge >= 0.3 is 6.03 Å². The molecule has 1 aromatic carbocycles. The lowest BCUT2D eigenvalue weighted by atomic mass is 9.82. The number of urea groups is 1. The molecule has 0 radical (unpaired) electrons. The number of hydrogen-bond acceptors (Lipinski definition) is 3. The number of amides is 4. The summed E-state index contributed by atoms with van der Waals surface area (Å²) in [6.45, 7) is 0. The first-order valence-corrected chi connectivity index (χ1v) is 10.2. The second-order valence-corrected chi connectivity index (χ2v) is 8.20. The van der Waals surface area contributed by atoms with Crippen molar-refractivity contribution in [2.75, 3.05) is 0 Å². The number of aryl methyl sites for hydroxylation is 2. The molecule has 0 atom stereocenters. The predicted molar refractivity (Wildman–Crippen MR) is 104 cm³/mol. The number of imide groups is 1. The molecule has 2 fully saturated rings. The van der Waals surface area contributed by atoms with Crippen molar-refractivity contribution in [1.29, 1.82) is 0 Å². The third-order valence-corrected chi connectivity index (χ3v) is 6.44. The van der Waals surface area contributed by atoms with E-state index in [0.29, 0.717) is 18.4 Å². The van der Waals surface area contributed by atoms with E-state index in [9.17, 15) is 14.4 Å². The fourth-order valence-corrected chi connectivity index (χ4v) is 4.93. The van der Waals surface area contributed by atoms with Gasteiger partial charge < -0.3 is 10.3 Å². The number of H-pyrrole nitrogens is 1. The Morgan fingerprint density at radius 2 is 1.82 bits per heavy atom. The zero-order valence-corrected chi connectivity index (χ0v) is 15.8. The maximum absolute atomic E-state index is 12.8. The zero-order chi connectivity index (χ0) is 19.3. The van der Waals surface area contributed by atoms with Gasteiger partial charge in [0.15, 0.2) is 0 Å². The van der Waals surface area contributed by atoms with Gasteiger partial charge in [0.25, 0.3) is 11.8 Å². The first-order chi connectivity index (χ1) is 13.6. The molecule has 1 saturated heterocycles. The number of carbonyl (C=O) groups excluding carboxylic acids is 3. The fraction of sp³-hybridized carbons (Fsp3) is 0.476. The number of nitrogens with zero attached hydrogens (tertiary/aromatic N) is 1. The molecule has 1 saturated carbocycles. The van der Waals surface area contributed by atoms with Gasteiger partial charge in [-0.3, -0.25) is 15.0 Å². The van der Waals surface area contributed by atoms with Gasteiger partial charge in [-0.15, -0.1) is 0 Å². The molecule has 1 aromatic heterocycles. The Labute approximate surface area is 162 Å². The minimum atomic E-state index is -0.841. The molecule has 0 unspecified atom stereocenters. The van der Waals surface area contributed by atoms with Crippen LogP contribution in [0.25, 0.3) is 10.9 Å². The number of fused-ring (bicyclic) bond motifs is 3. The summed E-state index contributed by atoms with van der Waals surface area (Å²) in [5.74, 6) is -0.783. The van der Waals surface area contributed by atoms with Crippen LogP contribution >= 0.6 is 0 Å². The summed E-state index contributed by atoms with van der Waals surface area (Å²) < 4.78 is 0. The van der Waals surface area contributed by atoms with Crippen LogP contribution in [-0.4, -0.2) is 33.4 Å². The fourth-order valence-electron chi connectivity index (χ4n) is 4.93. The SMILES string of the molecule is O=C(NN1C(=O)NC2(CCCCC2)C1=O)c1ccc2[nH]c3c(c2c1)CCCC3. The van der Waals surface area contributed by atoms with Gasteiger partial charge in [-0.1, -0.05) is 19.3 Å². The van der Waals surface area contributed by atoms with Crippen molar-refractivity contribution >= 4 is 28.7 Å². The molecule has 2 aromatic rings. The quantitative estimate of drug-likeness (QED) is 0.699. The van der Waals surface area contributed by atoms with E-state index in [4.69, 9.17) is 0 Å². The maximum Gasteiger partial charge on any atom is 0.344 e. The first-order valence-electron chi connectivity index (χ1n) is 10.2. The second kappa shape index (κ2) is 6.36. The van der Waals surface area contributed by atoms with E-state index in [1.165, 1.54) is 17.7 Å². The van der Waals surface area contributed by atoms with E-state index in [-0.39, 0.29) is 5.91 Å². The normalized spacial score (nSPS) is 21.1. The smallest absolute Gasteiger partial charge is 0.344 e. The largest absolute Gasteiger partial charge is 0.358 e. The summed E-state index contributed by atoms with van der Waals surface area (Å²) in [4.78, 5) is 41.5.